The van der Waals surface area contributed by atoms with E-state index in [9.17, 15) is 0 Å². The third-order valence-electron chi connectivity index (χ3n) is 1.72. The molecule has 4 nitrogen and oxygen atoms in total. The van der Waals surface area contributed by atoms with Crippen molar-refractivity contribution in [2.45, 2.75) is 6.92 Å². The maximum absolute atomic E-state index is 9.00. The number of rotatable bonds is 2. The molecule has 4 heteroatoms. The van der Waals surface area contributed by atoms with Crippen LogP contribution in [0.1, 0.15) is 6.92 Å². The summed E-state index contributed by atoms with van der Waals surface area (Å²) in [6.07, 6.45) is 0. The fourth-order valence-corrected chi connectivity index (χ4v) is 1.11. The summed E-state index contributed by atoms with van der Waals surface area (Å²) in [4.78, 5) is 9.00. The highest BCUT2D eigenvalue weighted by molar-refractivity contribution is 5.62. The molecule has 0 bridgehead atoms. The van der Waals surface area contributed by atoms with Crippen molar-refractivity contribution in [2.24, 2.45) is 0 Å². The van der Waals surface area contributed by atoms with Crippen molar-refractivity contribution in [3.8, 4) is 11.5 Å². The Morgan fingerprint density at radius 2 is 1.11 bits per heavy atom. The van der Waals surface area contributed by atoms with Crippen LogP contribution in [0.3, 0.4) is 0 Å². The predicted molar refractivity (Wildman–Crippen MR) is 74.4 cm³/mol. The topological polar surface area (TPSA) is 66.8 Å². The van der Waals surface area contributed by atoms with Crippen molar-refractivity contribution in [1.82, 2.24) is 0 Å². The third kappa shape index (κ3) is 9.38. The second-order valence-corrected chi connectivity index (χ2v) is 3.25. The molecule has 0 aliphatic rings. The summed E-state index contributed by atoms with van der Waals surface area (Å²) in [5.41, 5.74) is 0. The molecule has 2 aromatic rings. The maximum atomic E-state index is 9.00. The largest absolute Gasteiger partial charge is 0.481 e. The molecule has 0 amide bonds. The van der Waals surface area contributed by atoms with Crippen molar-refractivity contribution < 1.29 is 19.7 Å². The Morgan fingerprint density at radius 1 is 0.842 bits per heavy atom. The molecule has 2 aromatic carbocycles. The Kier molecular flexibility index (Phi) is 9.48. The van der Waals surface area contributed by atoms with E-state index in [4.69, 9.17) is 19.7 Å². The summed E-state index contributed by atoms with van der Waals surface area (Å²) in [7, 11) is 1.00. The van der Waals surface area contributed by atoms with Gasteiger partial charge in [-0.05, 0) is 24.3 Å². The van der Waals surface area contributed by atoms with Crippen LogP contribution in [-0.4, -0.2) is 23.3 Å². The molecular formula is C15H18O4. The van der Waals surface area contributed by atoms with E-state index in [-0.39, 0.29) is 0 Å². The van der Waals surface area contributed by atoms with Crippen LogP contribution in [0.25, 0.3) is 0 Å². The zero-order chi connectivity index (χ0) is 14.5. The molecule has 2 N–H and O–H groups in total. The summed E-state index contributed by atoms with van der Waals surface area (Å²) in [6.45, 7) is 1.08. The Bertz CT molecular complexity index is 399. The van der Waals surface area contributed by atoms with Crippen LogP contribution in [0.15, 0.2) is 60.7 Å². The van der Waals surface area contributed by atoms with E-state index in [0.717, 1.165) is 25.5 Å². The first-order chi connectivity index (χ1) is 9.18. The van der Waals surface area contributed by atoms with Crippen molar-refractivity contribution in [1.29, 1.82) is 0 Å². The predicted octanol–water partition coefficient (Wildman–Crippen LogP) is 3.18. The lowest BCUT2D eigenvalue weighted by Gasteiger charge is -2.03. The van der Waals surface area contributed by atoms with Crippen LogP contribution < -0.4 is 4.74 Å². The quantitative estimate of drug-likeness (QED) is 0.872. The van der Waals surface area contributed by atoms with Gasteiger partial charge in [0.25, 0.3) is 5.97 Å². The minimum Gasteiger partial charge on any atom is -0.481 e. The molecule has 0 saturated carbocycles. The van der Waals surface area contributed by atoms with Gasteiger partial charge in [-0.2, -0.15) is 0 Å². The molecule has 0 saturated heterocycles. The van der Waals surface area contributed by atoms with Gasteiger partial charge in [-0.3, -0.25) is 4.79 Å². The third-order valence-corrected chi connectivity index (χ3v) is 1.72. The lowest BCUT2D eigenvalue weighted by molar-refractivity contribution is -0.134. The first-order valence-corrected chi connectivity index (χ1v) is 5.60. The molecule has 0 aliphatic heterocycles. The van der Waals surface area contributed by atoms with Crippen LogP contribution in [0.4, 0.5) is 0 Å². The minimum atomic E-state index is -0.833. The first kappa shape index (κ1) is 16.7. The SMILES string of the molecule is CC(=O)O.CO.c1ccc(Oc2ccccc2)cc1. The van der Waals surface area contributed by atoms with Gasteiger partial charge >= 0.3 is 0 Å². The van der Waals surface area contributed by atoms with Crippen LogP contribution in [0, 0.1) is 0 Å². The Hall–Kier alpha value is -2.33. The van der Waals surface area contributed by atoms with E-state index in [2.05, 4.69) is 0 Å². The average Bonchev–Trinajstić information content (AvgIpc) is 2.43. The molecule has 102 valence electrons. The van der Waals surface area contributed by atoms with Crippen LogP contribution in [-0.2, 0) is 4.79 Å². The number of aliphatic carboxylic acids is 1. The number of carbonyl (C=O) groups is 1. The molecule has 0 atom stereocenters. The maximum Gasteiger partial charge on any atom is 0.300 e. The Balaban J connectivity index is 0.000000467. The summed E-state index contributed by atoms with van der Waals surface area (Å²) in [5, 5.41) is 14.4. The molecule has 0 spiro atoms. The van der Waals surface area contributed by atoms with Gasteiger partial charge in [0.05, 0.1) is 0 Å². The van der Waals surface area contributed by atoms with E-state index in [1.165, 1.54) is 0 Å². The van der Waals surface area contributed by atoms with Crippen LogP contribution in [0.2, 0.25) is 0 Å². The van der Waals surface area contributed by atoms with E-state index in [1.54, 1.807) is 0 Å². The lowest BCUT2D eigenvalue weighted by Crippen LogP contribution is -1.81. The van der Waals surface area contributed by atoms with E-state index < -0.39 is 5.97 Å². The summed E-state index contributed by atoms with van der Waals surface area (Å²) < 4.78 is 5.58. The highest BCUT2D eigenvalue weighted by atomic mass is 16.5. The van der Waals surface area contributed by atoms with Gasteiger partial charge in [-0.15, -0.1) is 0 Å². The standard InChI is InChI=1S/C12H10O.C2H4O2.CH4O/c1-3-7-11(8-4-1)13-12-9-5-2-6-10-12;1-2(3)4;1-2/h1-10H;1H3,(H,3,4);2H,1H3. The fourth-order valence-electron chi connectivity index (χ4n) is 1.11. The van der Waals surface area contributed by atoms with E-state index in [0.29, 0.717) is 0 Å². The monoisotopic (exact) mass is 262 g/mol. The Morgan fingerprint density at radius 3 is 1.37 bits per heavy atom. The van der Waals surface area contributed by atoms with Gasteiger partial charge in [-0.1, -0.05) is 36.4 Å². The molecule has 19 heavy (non-hydrogen) atoms. The number of carboxylic acid groups (broad SMARTS) is 1. The van der Waals surface area contributed by atoms with E-state index in [1.807, 2.05) is 60.7 Å². The van der Waals surface area contributed by atoms with Crippen LogP contribution in [0.5, 0.6) is 11.5 Å². The Labute approximate surface area is 112 Å². The zero-order valence-electron chi connectivity index (χ0n) is 11.0. The molecule has 0 aliphatic carbocycles. The molecule has 0 heterocycles. The lowest BCUT2D eigenvalue weighted by atomic mass is 10.3. The molecule has 0 radical (unpaired) electrons. The van der Waals surface area contributed by atoms with Gasteiger partial charge in [0.15, 0.2) is 0 Å². The second kappa shape index (κ2) is 10.8. The number of ether oxygens (including phenoxy) is 1. The van der Waals surface area contributed by atoms with Crippen molar-refractivity contribution in [2.75, 3.05) is 7.11 Å². The van der Waals surface area contributed by atoms with Crippen molar-refractivity contribution in [3.05, 3.63) is 60.7 Å². The summed E-state index contributed by atoms with van der Waals surface area (Å²) in [6, 6.07) is 19.5. The number of aliphatic hydroxyl groups is 1. The average molecular weight is 262 g/mol. The van der Waals surface area contributed by atoms with Crippen LogP contribution >= 0.6 is 0 Å². The molecule has 0 unspecified atom stereocenters. The zero-order valence-corrected chi connectivity index (χ0v) is 11.0. The number of hydrogen-bond acceptors (Lipinski definition) is 3. The number of hydrogen-bond donors (Lipinski definition) is 2. The number of para-hydroxylation sites is 2. The van der Waals surface area contributed by atoms with Crippen molar-refractivity contribution in [3.63, 3.8) is 0 Å². The minimum absolute atomic E-state index is 0.833. The van der Waals surface area contributed by atoms with Gasteiger partial charge in [0.2, 0.25) is 0 Å². The number of aliphatic hydroxyl groups excluding tert-OH is 1. The second-order valence-electron chi connectivity index (χ2n) is 3.25. The molecule has 0 aromatic heterocycles. The van der Waals surface area contributed by atoms with Gasteiger partial charge in [0, 0.05) is 14.0 Å². The fraction of sp³-hybridized carbons (Fsp3) is 0.133. The van der Waals surface area contributed by atoms with E-state index >= 15 is 0 Å². The summed E-state index contributed by atoms with van der Waals surface area (Å²) >= 11 is 0. The highest BCUT2D eigenvalue weighted by Crippen LogP contribution is 2.19. The molecule has 0 fully saturated rings. The normalized spacial score (nSPS) is 8.16. The smallest absolute Gasteiger partial charge is 0.300 e. The molecule has 2 rings (SSSR count). The first-order valence-electron chi connectivity index (χ1n) is 5.60. The number of benzene rings is 2. The van der Waals surface area contributed by atoms with Crippen molar-refractivity contribution >= 4 is 5.97 Å². The summed E-state index contributed by atoms with van der Waals surface area (Å²) in [5.74, 6) is 0.905. The number of carboxylic acids is 1. The van der Waals surface area contributed by atoms with Gasteiger partial charge in [-0.25, -0.2) is 0 Å². The van der Waals surface area contributed by atoms with Gasteiger partial charge in [0.1, 0.15) is 11.5 Å². The molecular weight excluding hydrogens is 244 g/mol. The highest BCUT2D eigenvalue weighted by Gasteiger charge is 1.92. The van der Waals surface area contributed by atoms with Gasteiger partial charge < -0.3 is 14.9 Å².